The summed E-state index contributed by atoms with van der Waals surface area (Å²) in [7, 11) is 0. The van der Waals surface area contributed by atoms with Crippen molar-refractivity contribution < 1.29 is 18.0 Å². The van der Waals surface area contributed by atoms with Crippen LogP contribution in [0.3, 0.4) is 0 Å². The van der Waals surface area contributed by atoms with Crippen molar-refractivity contribution in [3.63, 3.8) is 0 Å². The first kappa shape index (κ1) is 18.8. The topological polar surface area (TPSA) is 46.3 Å². The number of aryl methyl sites for hydroxylation is 1. The maximum absolute atomic E-state index is 14.1. The van der Waals surface area contributed by atoms with Gasteiger partial charge in [0, 0.05) is 36.4 Å². The number of carbonyl (C=O) groups is 1. The highest BCUT2D eigenvalue weighted by atomic mass is 19.1. The highest BCUT2D eigenvalue weighted by Crippen LogP contribution is 2.29. The second-order valence-electron chi connectivity index (χ2n) is 6.83. The van der Waals surface area contributed by atoms with E-state index in [1.54, 1.807) is 49.6 Å². The average molecular weight is 392 g/mol. The van der Waals surface area contributed by atoms with Crippen LogP contribution >= 0.6 is 0 Å². The van der Waals surface area contributed by atoms with E-state index in [0.717, 1.165) is 5.56 Å². The van der Waals surface area contributed by atoms with Gasteiger partial charge in [-0.05, 0) is 42.3 Å². The summed E-state index contributed by atoms with van der Waals surface area (Å²) < 4.78 is 33.4. The molecule has 0 atom stereocenters. The third-order valence-electron chi connectivity index (χ3n) is 4.76. The summed E-state index contributed by atoms with van der Waals surface area (Å²) in [5.41, 5.74) is 2.08. The van der Waals surface area contributed by atoms with Crippen LogP contribution in [0.25, 0.3) is 11.0 Å². The number of rotatable bonds is 5. The standard InChI is InChI=1S/C23H18F2N2O2/c1-15-19-8-3-9-20(25)22(19)29-21(15)23(28)27(14-17-6-4-10-26-12-17)13-16-5-2-7-18(24)11-16/h2-12H,13-14H2,1H3. The second-order valence-corrected chi connectivity index (χ2v) is 6.83. The van der Waals surface area contributed by atoms with Crippen LogP contribution in [-0.4, -0.2) is 15.8 Å². The fraction of sp³-hybridized carbons (Fsp3) is 0.130. The smallest absolute Gasteiger partial charge is 0.290 e. The Morgan fingerprint density at radius 3 is 2.52 bits per heavy atom. The molecule has 146 valence electrons. The minimum absolute atomic E-state index is 0.0560. The van der Waals surface area contributed by atoms with Crippen molar-refractivity contribution in [2.45, 2.75) is 20.0 Å². The Hall–Kier alpha value is -3.54. The van der Waals surface area contributed by atoms with Gasteiger partial charge in [0.05, 0.1) is 0 Å². The molecule has 2 aromatic heterocycles. The van der Waals surface area contributed by atoms with Crippen molar-refractivity contribution >= 4 is 16.9 Å². The molecule has 4 aromatic rings. The lowest BCUT2D eigenvalue weighted by Gasteiger charge is -2.22. The number of nitrogens with zero attached hydrogens (tertiary/aromatic N) is 2. The van der Waals surface area contributed by atoms with Gasteiger partial charge < -0.3 is 9.32 Å². The van der Waals surface area contributed by atoms with Crippen molar-refractivity contribution in [1.29, 1.82) is 0 Å². The van der Waals surface area contributed by atoms with Gasteiger partial charge in [-0.1, -0.05) is 30.3 Å². The normalized spacial score (nSPS) is 11.0. The molecule has 6 heteroatoms. The van der Waals surface area contributed by atoms with Gasteiger partial charge in [-0.25, -0.2) is 8.78 Å². The number of benzene rings is 2. The zero-order valence-electron chi connectivity index (χ0n) is 15.7. The summed E-state index contributed by atoms with van der Waals surface area (Å²) in [6.07, 6.45) is 3.31. The maximum Gasteiger partial charge on any atom is 0.290 e. The molecule has 2 heterocycles. The zero-order valence-corrected chi connectivity index (χ0v) is 15.7. The van der Waals surface area contributed by atoms with Gasteiger partial charge in [-0.3, -0.25) is 9.78 Å². The number of aromatic nitrogens is 1. The zero-order chi connectivity index (χ0) is 20.4. The molecule has 0 N–H and O–H groups in total. The van der Waals surface area contributed by atoms with Crippen molar-refractivity contribution in [3.8, 4) is 0 Å². The molecule has 2 aromatic carbocycles. The highest BCUT2D eigenvalue weighted by molar-refractivity contribution is 5.99. The van der Waals surface area contributed by atoms with E-state index in [-0.39, 0.29) is 30.3 Å². The first-order chi connectivity index (χ1) is 14.0. The number of amides is 1. The molecular weight excluding hydrogens is 374 g/mol. The van der Waals surface area contributed by atoms with Gasteiger partial charge in [0.1, 0.15) is 5.82 Å². The third-order valence-corrected chi connectivity index (χ3v) is 4.76. The predicted octanol–water partition coefficient (Wildman–Crippen LogP) is 5.26. The van der Waals surface area contributed by atoms with Crippen molar-refractivity contribution in [2.75, 3.05) is 0 Å². The molecule has 0 unspecified atom stereocenters. The number of para-hydroxylation sites is 1. The molecule has 0 saturated heterocycles. The summed E-state index contributed by atoms with van der Waals surface area (Å²) in [5.74, 6) is -1.22. The maximum atomic E-state index is 14.1. The molecule has 0 fully saturated rings. The summed E-state index contributed by atoms with van der Waals surface area (Å²) >= 11 is 0. The number of carbonyl (C=O) groups excluding carboxylic acids is 1. The van der Waals surface area contributed by atoms with Crippen LogP contribution in [0.2, 0.25) is 0 Å². The lowest BCUT2D eigenvalue weighted by atomic mass is 10.1. The Bertz CT molecular complexity index is 1170. The molecule has 29 heavy (non-hydrogen) atoms. The van der Waals surface area contributed by atoms with Crippen LogP contribution in [0.5, 0.6) is 0 Å². The van der Waals surface area contributed by atoms with Gasteiger partial charge in [-0.2, -0.15) is 0 Å². The molecule has 0 bridgehead atoms. The van der Waals surface area contributed by atoms with Gasteiger partial charge in [0.2, 0.25) is 0 Å². The van der Waals surface area contributed by atoms with E-state index in [1.165, 1.54) is 23.1 Å². The van der Waals surface area contributed by atoms with Crippen LogP contribution in [0.1, 0.15) is 27.2 Å². The monoisotopic (exact) mass is 392 g/mol. The number of furan rings is 1. The van der Waals surface area contributed by atoms with Crippen LogP contribution in [0, 0.1) is 18.6 Å². The van der Waals surface area contributed by atoms with Gasteiger partial charge in [0.15, 0.2) is 17.2 Å². The van der Waals surface area contributed by atoms with E-state index in [0.29, 0.717) is 16.5 Å². The van der Waals surface area contributed by atoms with E-state index in [9.17, 15) is 13.6 Å². The first-order valence-electron chi connectivity index (χ1n) is 9.13. The number of pyridine rings is 1. The minimum atomic E-state index is -0.520. The quantitative estimate of drug-likeness (QED) is 0.466. The molecule has 0 spiro atoms. The third kappa shape index (κ3) is 3.87. The average Bonchev–Trinajstić information content (AvgIpc) is 3.06. The fourth-order valence-corrected chi connectivity index (χ4v) is 3.32. The molecule has 0 radical (unpaired) electrons. The van der Waals surface area contributed by atoms with Gasteiger partial charge in [0.25, 0.3) is 5.91 Å². The number of fused-ring (bicyclic) bond motifs is 1. The first-order valence-corrected chi connectivity index (χ1v) is 9.13. The molecule has 0 aliphatic heterocycles. The van der Waals surface area contributed by atoms with E-state index in [1.807, 2.05) is 6.07 Å². The van der Waals surface area contributed by atoms with Gasteiger partial charge in [-0.15, -0.1) is 0 Å². The SMILES string of the molecule is Cc1c(C(=O)N(Cc2cccnc2)Cc2cccc(F)c2)oc2c(F)cccc12. The van der Waals surface area contributed by atoms with E-state index in [4.69, 9.17) is 4.42 Å². The molecule has 1 amide bonds. The molecule has 0 aliphatic rings. The van der Waals surface area contributed by atoms with Crippen LogP contribution < -0.4 is 0 Å². The lowest BCUT2D eigenvalue weighted by molar-refractivity contribution is 0.0698. The summed E-state index contributed by atoms with van der Waals surface area (Å²) in [6, 6.07) is 14.3. The fourth-order valence-electron chi connectivity index (χ4n) is 3.32. The Morgan fingerprint density at radius 1 is 1.03 bits per heavy atom. The minimum Gasteiger partial charge on any atom is -0.448 e. The summed E-state index contributed by atoms with van der Waals surface area (Å²) in [4.78, 5) is 19.0. The van der Waals surface area contributed by atoms with Crippen molar-refractivity contribution in [2.24, 2.45) is 0 Å². The molecule has 4 nitrogen and oxygen atoms in total. The lowest BCUT2D eigenvalue weighted by Crippen LogP contribution is -2.30. The second kappa shape index (κ2) is 7.83. The van der Waals surface area contributed by atoms with Crippen molar-refractivity contribution in [1.82, 2.24) is 9.88 Å². The van der Waals surface area contributed by atoms with E-state index in [2.05, 4.69) is 4.98 Å². The van der Waals surface area contributed by atoms with Crippen molar-refractivity contribution in [3.05, 3.63) is 101 Å². The highest BCUT2D eigenvalue weighted by Gasteiger charge is 2.25. The predicted molar refractivity (Wildman–Crippen MR) is 105 cm³/mol. The Morgan fingerprint density at radius 2 is 1.79 bits per heavy atom. The number of hydrogen-bond acceptors (Lipinski definition) is 3. The largest absolute Gasteiger partial charge is 0.448 e. The van der Waals surface area contributed by atoms with Crippen LogP contribution in [-0.2, 0) is 13.1 Å². The van der Waals surface area contributed by atoms with Crippen LogP contribution in [0.4, 0.5) is 8.78 Å². The van der Waals surface area contributed by atoms with E-state index >= 15 is 0 Å². The molecular formula is C23H18F2N2O2. The Kier molecular flexibility index (Phi) is 5.08. The van der Waals surface area contributed by atoms with Gasteiger partial charge >= 0.3 is 0 Å². The summed E-state index contributed by atoms with van der Waals surface area (Å²) in [5, 5.41) is 0.556. The summed E-state index contributed by atoms with van der Waals surface area (Å²) in [6.45, 7) is 2.15. The molecule has 4 rings (SSSR count). The number of hydrogen-bond donors (Lipinski definition) is 0. The number of halogens is 2. The molecule has 0 aliphatic carbocycles. The van der Waals surface area contributed by atoms with Crippen LogP contribution in [0.15, 0.2) is 71.4 Å². The van der Waals surface area contributed by atoms with E-state index < -0.39 is 11.7 Å². The molecule has 0 saturated carbocycles. The Balaban J connectivity index is 1.72. The Labute approximate surface area is 166 Å².